The number of thioether (sulfide) groups is 1. The van der Waals surface area contributed by atoms with Gasteiger partial charge in [0.05, 0.1) is 41.3 Å². The van der Waals surface area contributed by atoms with Crippen LogP contribution in [0.15, 0.2) is 76.4 Å². The van der Waals surface area contributed by atoms with Crippen LogP contribution in [0.1, 0.15) is 23.9 Å². The van der Waals surface area contributed by atoms with Gasteiger partial charge in [-0.25, -0.2) is 0 Å². The van der Waals surface area contributed by atoms with E-state index in [1.165, 1.54) is 16.7 Å². The number of imide groups is 1. The molecule has 0 unspecified atom stereocenters. The van der Waals surface area contributed by atoms with E-state index in [0.29, 0.717) is 39.8 Å². The molecule has 152 valence electrons. The van der Waals surface area contributed by atoms with Crippen LogP contribution in [0.4, 0.5) is 0 Å². The fraction of sp³-hybridized carbons (Fsp3) is 0.174. The molecule has 7 heteroatoms. The second-order valence-electron chi connectivity index (χ2n) is 6.55. The molecule has 6 nitrogen and oxygen atoms in total. The number of ether oxygens (including phenoxy) is 1. The minimum Gasteiger partial charge on any atom is -0.494 e. The Balaban J connectivity index is 1.66. The van der Waals surface area contributed by atoms with Gasteiger partial charge in [0.1, 0.15) is 11.5 Å². The van der Waals surface area contributed by atoms with E-state index in [0.717, 1.165) is 5.76 Å². The Kier molecular flexibility index (Phi) is 5.99. The maximum Gasteiger partial charge on any atom is 0.268 e. The lowest BCUT2D eigenvalue weighted by Crippen LogP contribution is -2.31. The molecule has 0 fully saturated rings. The third-order valence-electron chi connectivity index (χ3n) is 4.56. The van der Waals surface area contributed by atoms with E-state index in [9.17, 15) is 9.59 Å². The molecule has 3 heterocycles. The lowest BCUT2D eigenvalue weighted by atomic mass is 10.1. The van der Waals surface area contributed by atoms with Crippen LogP contribution < -0.4 is 4.74 Å². The van der Waals surface area contributed by atoms with E-state index in [4.69, 9.17) is 9.15 Å². The quantitative estimate of drug-likeness (QED) is 0.506. The lowest BCUT2D eigenvalue weighted by Gasteiger charge is -2.14. The topological polar surface area (TPSA) is 72.6 Å². The predicted octanol–water partition coefficient (Wildman–Crippen LogP) is 4.29. The first-order valence-electron chi connectivity index (χ1n) is 9.56. The molecule has 0 radical (unpaired) electrons. The highest BCUT2D eigenvalue weighted by atomic mass is 32.2. The number of benzene rings is 1. The van der Waals surface area contributed by atoms with Crippen LogP contribution in [0, 0.1) is 0 Å². The summed E-state index contributed by atoms with van der Waals surface area (Å²) < 4.78 is 10.9. The number of nitrogens with zero attached hydrogens (tertiary/aromatic N) is 2. The van der Waals surface area contributed by atoms with Gasteiger partial charge in [-0.15, -0.1) is 11.8 Å². The summed E-state index contributed by atoms with van der Waals surface area (Å²) in [5.74, 6) is 1.28. The molecule has 2 amide bonds. The van der Waals surface area contributed by atoms with E-state index < -0.39 is 0 Å². The SMILES string of the molecule is CCOc1ccc(C2=C(SCc3ccco3)C(=O)N(Cc3ccccn3)C2=O)cc1. The molecule has 3 aromatic rings. The Bertz CT molecular complexity index is 1060. The Labute approximate surface area is 178 Å². The summed E-state index contributed by atoms with van der Waals surface area (Å²) >= 11 is 1.31. The highest BCUT2D eigenvalue weighted by molar-refractivity contribution is 8.03. The maximum atomic E-state index is 13.3. The largest absolute Gasteiger partial charge is 0.494 e. The number of rotatable bonds is 8. The number of aromatic nitrogens is 1. The number of carbonyl (C=O) groups is 2. The predicted molar refractivity (Wildman–Crippen MR) is 114 cm³/mol. The molecule has 4 rings (SSSR count). The summed E-state index contributed by atoms with van der Waals surface area (Å²) in [6, 6.07) is 16.3. The number of furan rings is 1. The number of pyridine rings is 1. The van der Waals surface area contributed by atoms with Gasteiger partial charge in [0.2, 0.25) is 0 Å². The Morgan fingerprint density at radius 3 is 2.53 bits per heavy atom. The Hall–Kier alpha value is -3.32. The van der Waals surface area contributed by atoms with Gasteiger partial charge >= 0.3 is 0 Å². The molecule has 0 atom stereocenters. The second-order valence-corrected chi connectivity index (χ2v) is 7.53. The zero-order chi connectivity index (χ0) is 20.9. The molecule has 1 aliphatic heterocycles. The zero-order valence-corrected chi connectivity index (χ0v) is 17.2. The van der Waals surface area contributed by atoms with Gasteiger partial charge in [-0.1, -0.05) is 18.2 Å². The van der Waals surface area contributed by atoms with Gasteiger partial charge in [0.25, 0.3) is 11.8 Å². The van der Waals surface area contributed by atoms with Gasteiger partial charge in [0.15, 0.2) is 0 Å². The Morgan fingerprint density at radius 1 is 1.03 bits per heavy atom. The molecule has 0 aliphatic carbocycles. The highest BCUT2D eigenvalue weighted by Gasteiger charge is 2.39. The fourth-order valence-electron chi connectivity index (χ4n) is 3.16. The van der Waals surface area contributed by atoms with Crippen LogP contribution in [0.2, 0.25) is 0 Å². The standard InChI is InChI=1S/C23H20N2O4S/c1-2-28-18-10-8-16(9-11-18)20-21(30-15-19-7-5-13-29-19)23(27)25(22(20)26)14-17-6-3-4-12-24-17/h3-13H,2,14-15H2,1H3. The van der Waals surface area contributed by atoms with Crippen molar-refractivity contribution in [1.29, 1.82) is 0 Å². The van der Waals surface area contributed by atoms with Crippen LogP contribution in [0.3, 0.4) is 0 Å². The van der Waals surface area contributed by atoms with Crippen LogP contribution in [0.25, 0.3) is 5.57 Å². The second kappa shape index (κ2) is 9.00. The van der Waals surface area contributed by atoms with Crippen molar-refractivity contribution < 1.29 is 18.7 Å². The third-order valence-corrected chi connectivity index (χ3v) is 5.66. The van der Waals surface area contributed by atoms with E-state index in [1.807, 2.05) is 31.2 Å². The molecule has 0 bridgehead atoms. The number of hydrogen-bond acceptors (Lipinski definition) is 6. The number of amides is 2. The third kappa shape index (κ3) is 4.16. The number of hydrogen-bond donors (Lipinski definition) is 0. The monoisotopic (exact) mass is 420 g/mol. The van der Waals surface area contributed by atoms with Crippen molar-refractivity contribution in [3.8, 4) is 5.75 Å². The zero-order valence-electron chi connectivity index (χ0n) is 16.4. The van der Waals surface area contributed by atoms with Crippen LogP contribution in [-0.2, 0) is 21.9 Å². The fourth-order valence-corrected chi connectivity index (χ4v) is 4.20. The van der Waals surface area contributed by atoms with Crippen LogP contribution >= 0.6 is 11.8 Å². The minimum absolute atomic E-state index is 0.129. The number of carbonyl (C=O) groups excluding carboxylic acids is 2. The summed E-state index contributed by atoms with van der Waals surface area (Å²) in [7, 11) is 0. The normalized spacial score (nSPS) is 14.0. The summed E-state index contributed by atoms with van der Waals surface area (Å²) in [4.78, 5) is 32.3. The van der Waals surface area contributed by atoms with Crippen molar-refractivity contribution in [2.24, 2.45) is 0 Å². The van der Waals surface area contributed by atoms with E-state index >= 15 is 0 Å². The van der Waals surface area contributed by atoms with Gasteiger partial charge in [0, 0.05) is 6.20 Å². The molecular formula is C23H20N2O4S. The average Bonchev–Trinajstić information content (AvgIpc) is 3.36. The molecule has 0 saturated heterocycles. The molecule has 30 heavy (non-hydrogen) atoms. The van der Waals surface area contributed by atoms with Crippen LogP contribution in [-0.4, -0.2) is 28.3 Å². The van der Waals surface area contributed by atoms with Gasteiger partial charge in [-0.2, -0.15) is 0 Å². The molecule has 1 aliphatic rings. The van der Waals surface area contributed by atoms with Gasteiger partial charge in [-0.05, 0) is 48.9 Å². The van der Waals surface area contributed by atoms with E-state index in [2.05, 4.69) is 4.98 Å². The molecule has 0 N–H and O–H groups in total. The van der Waals surface area contributed by atoms with Crippen molar-refractivity contribution in [2.45, 2.75) is 19.2 Å². The minimum atomic E-state index is -0.322. The molecule has 0 spiro atoms. The van der Waals surface area contributed by atoms with Crippen molar-refractivity contribution in [3.05, 3.63) is 89.0 Å². The van der Waals surface area contributed by atoms with Crippen molar-refractivity contribution in [2.75, 3.05) is 6.61 Å². The smallest absolute Gasteiger partial charge is 0.268 e. The van der Waals surface area contributed by atoms with E-state index in [-0.39, 0.29) is 18.4 Å². The molecule has 2 aromatic heterocycles. The summed E-state index contributed by atoms with van der Waals surface area (Å²) in [6.45, 7) is 2.60. The van der Waals surface area contributed by atoms with E-state index in [1.54, 1.807) is 42.8 Å². The van der Waals surface area contributed by atoms with Crippen LogP contribution in [0.5, 0.6) is 5.75 Å². The van der Waals surface area contributed by atoms with Gasteiger partial charge < -0.3 is 9.15 Å². The first kappa shape index (κ1) is 20.0. The molecular weight excluding hydrogens is 400 g/mol. The average molecular weight is 420 g/mol. The van der Waals surface area contributed by atoms with Crippen molar-refractivity contribution in [1.82, 2.24) is 9.88 Å². The van der Waals surface area contributed by atoms with Gasteiger partial charge in [-0.3, -0.25) is 19.5 Å². The first-order chi connectivity index (χ1) is 14.7. The summed E-state index contributed by atoms with van der Waals surface area (Å²) in [5.41, 5.74) is 1.74. The van der Waals surface area contributed by atoms with Crippen molar-refractivity contribution in [3.63, 3.8) is 0 Å². The van der Waals surface area contributed by atoms with Crippen molar-refractivity contribution >= 4 is 29.1 Å². The lowest BCUT2D eigenvalue weighted by molar-refractivity contribution is -0.137. The summed E-state index contributed by atoms with van der Waals surface area (Å²) in [6.07, 6.45) is 3.24. The maximum absolute atomic E-state index is 13.3. The molecule has 0 saturated carbocycles. The Morgan fingerprint density at radius 2 is 1.87 bits per heavy atom. The summed E-state index contributed by atoms with van der Waals surface area (Å²) in [5, 5.41) is 0. The molecule has 1 aromatic carbocycles. The highest BCUT2D eigenvalue weighted by Crippen LogP contribution is 2.38. The first-order valence-corrected chi connectivity index (χ1v) is 10.5.